The molecule has 0 radical (unpaired) electrons. The highest BCUT2D eigenvalue weighted by molar-refractivity contribution is 5.75. The first-order valence-electron chi connectivity index (χ1n) is 8.98. The van der Waals surface area contributed by atoms with Crippen LogP contribution in [-0.2, 0) is 13.1 Å². The highest BCUT2D eigenvalue weighted by atomic mass is 19.3. The lowest BCUT2D eigenvalue weighted by Crippen LogP contribution is -2.06. The number of alkyl halides is 2. The maximum atomic E-state index is 13.7. The number of hydrogen-bond acceptors (Lipinski definition) is 6. The number of benzene rings is 1. The van der Waals surface area contributed by atoms with Gasteiger partial charge < -0.3 is 10.1 Å². The normalized spacial score (nSPS) is 11.1. The Labute approximate surface area is 173 Å². The zero-order valence-corrected chi connectivity index (χ0v) is 16.1. The predicted molar refractivity (Wildman–Crippen MR) is 105 cm³/mol. The van der Waals surface area contributed by atoms with Crippen molar-refractivity contribution >= 4 is 28.4 Å². The molecular weight excluding hydrogens is 413 g/mol. The van der Waals surface area contributed by atoms with Gasteiger partial charge in [-0.2, -0.15) is 10.1 Å². The van der Waals surface area contributed by atoms with Crippen molar-refractivity contribution in [2.24, 2.45) is 0 Å². The highest BCUT2D eigenvalue weighted by Crippen LogP contribution is 2.26. The van der Waals surface area contributed by atoms with E-state index in [1.54, 1.807) is 6.20 Å². The molecule has 0 atom stereocenters. The van der Waals surface area contributed by atoms with Crippen molar-refractivity contribution in [1.29, 1.82) is 0 Å². The van der Waals surface area contributed by atoms with E-state index in [1.165, 1.54) is 42.4 Å². The molecule has 4 aromatic rings. The van der Waals surface area contributed by atoms with Gasteiger partial charge in [-0.05, 0) is 17.7 Å². The van der Waals surface area contributed by atoms with Crippen LogP contribution in [0.5, 0.6) is 5.88 Å². The van der Waals surface area contributed by atoms with E-state index in [-0.39, 0.29) is 18.4 Å². The monoisotopic (exact) mass is 428 g/mol. The second-order valence-corrected chi connectivity index (χ2v) is 6.45. The molecule has 0 aliphatic carbocycles. The van der Waals surface area contributed by atoms with Gasteiger partial charge in [-0.25, -0.2) is 27.7 Å². The van der Waals surface area contributed by atoms with E-state index in [2.05, 4.69) is 30.3 Å². The summed E-state index contributed by atoms with van der Waals surface area (Å²) in [6.45, 7) is 6.81. The lowest BCUT2D eigenvalue weighted by atomic mass is 10.2. The van der Waals surface area contributed by atoms with Crippen LogP contribution in [-0.4, -0.2) is 43.1 Å². The van der Waals surface area contributed by atoms with Gasteiger partial charge in [0.1, 0.15) is 18.0 Å². The SMILES string of the molecule is [C-]#[N+]c1ccc(F)cc1Cn1ncc2cnc(Nc3cn(CC(F)F)nc3OC)nc21. The van der Waals surface area contributed by atoms with Gasteiger partial charge in [-0.15, -0.1) is 5.10 Å². The number of aromatic nitrogens is 6. The fourth-order valence-corrected chi connectivity index (χ4v) is 2.99. The van der Waals surface area contributed by atoms with Crippen molar-refractivity contribution in [1.82, 2.24) is 29.5 Å². The standard InChI is InChI=1S/C19H15F3N8O/c1-23-14-4-3-13(20)5-11(14)8-30-17-12(7-25-30)6-24-19(27-17)26-15-9-29(10-16(21)22)28-18(15)31-2/h3-7,9,16H,8,10H2,2H3,(H,24,26,27). The van der Waals surface area contributed by atoms with Crippen molar-refractivity contribution in [2.75, 3.05) is 12.4 Å². The van der Waals surface area contributed by atoms with Crippen LogP contribution in [0.2, 0.25) is 0 Å². The Kier molecular flexibility index (Phi) is 5.40. The molecule has 1 N–H and O–H groups in total. The first kappa shape index (κ1) is 20.1. The molecular formula is C19H15F3N8O. The molecule has 4 rings (SSSR count). The van der Waals surface area contributed by atoms with Crippen LogP contribution < -0.4 is 10.1 Å². The molecule has 0 aliphatic heterocycles. The predicted octanol–water partition coefficient (Wildman–Crippen LogP) is 3.78. The first-order chi connectivity index (χ1) is 15.0. The zero-order chi connectivity index (χ0) is 22.0. The third-order valence-corrected chi connectivity index (χ3v) is 4.35. The van der Waals surface area contributed by atoms with E-state index in [4.69, 9.17) is 11.3 Å². The summed E-state index contributed by atoms with van der Waals surface area (Å²) >= 11 is 0. The Morgan fingerprint density at radius 3 is 2.87 bits per heavy atom. The fraction of sp³-hybridized carbons (Fsp3) is 0.211. The molecule has 0 aliphatic rings. The second-order valence-electron chi connectivity index (χ2n) is 6.45. The van der Waals surface area contributed by atoms with Crippen LogP contribution in [0.3, 0.4) is 0 Å². The number of ether oxygens (including phenoxy) is 1. The van der Waals surface area contributed by atoms with E-state index in [0.717, 1.165) is 4.68 Å². The summed E-state index contributed by atoms with van der Waals surface area (Å²) in [5.41, 5.74) is 1.53. The lowest BCUT2D eigenvalue weighted by molar-refractivity contribution is 0.121. The number of hydrogen-bond donors (Lipinski definition) is 1. The number of rotatable bonds is 7. The number of nitrogens with zero attached hydrogens (tertiary/aromatic N) is 7. The Morgan fingerprint density at radius 1 is 1.29 bits per heavy atom. The molecule has 9 nitrogen and oxygen atoms in total. The third-order valence-electron chi connectivity index (χ3n) is 4.35. The van der Waals surface area contributed by atoms with E-state index < -0.39 is 18.8 Å². The molecule has 0 amide bonds. The number of halogens is 3. The van der Waals surface area contributed by atoms with Gasteiger partial charge >= 0.3 is 0 Å². The number of methoxy groups -OCH3 is 1. The summed E-state index contributed by atoms with van der Waals surface area (Å²) in [4.78, 5) is 12.0. The third kappa shape index (κ3) is 4.25. The number of fused-ring (bicyclic) bond motifs is 1. The van der Waals surface area contributed by atoms with Crippen molar-refractivity contribution in [3.8, 4) is 5.88 Å². The van der Waals surface area contributed by atoms with Gasteiger partial charge in [0.2, 0.25) is 5.95 Å². The van der Waals surface area contributed by atoms with E-state index in [0.29, 0.717) is 28.0 Å². The molecule has 0 saturated carbocycles. The Bertz CT molecular complexity index is 1280. The van der Waals surface area contributed by atoms with Gasteiger partial charge in [0.15, 0.2) is 11.3 Å². The van der Waals surface area contributed by atoms with E-state index in [1.807, 2.05) is 0 Å². The van der Waals surface area contributed by atoms with Gasteiger partial charge in [0.05, 0.1) is 38.0 Å². The fourth-order valence-electron chi connectivity index (χ4n) is 2.99. The summed E-state index contributed by atoms with van der Waals surface area (Å²) < 4.78 is 46.6. The molecule has 0 saturated heterocycles. The summed E-state index contributed by atoms with van der Waals surface area (Å²) in [5, 5.41) is 11.7. The minimum Gasteiger partial charge on any atom is -0.478 e. The van der Waals surface area contributed by atoms with Crippen molar-refractivity contribution in [3.05, 3.63) is 59.6 Å². The summed E-state index contributed by atoms with van der Waals surface area (Å²) in [5.74, 6) is -0.183. The molecule has 3 heterocycles. The molecule has 1 aromatic carbocycles. The van der Waals surface area contributed by atoms with Crippen molar-refractivity contribution in [3.63, 3.8) is 0 Å². The summed E-state index contributed by atoms with van der Waals surface area (Å²) in [7, 11) is 1.37. The molecule has 12 heteroatoms. The Morgan fingerprint density at radius 2 is 2.13 bits per heavy atom. The lowest BCUT2D eigenvalue weighted by Gasteiger charge is -2.07. The van der Waals surface area contributed by atoms with Gasteiger partial charge in [0.25, 0.3) is 12.3 Å². The van der Waals surface area contributed by atoms with Crippen LogP contribution in [0.15, 0.2) is 36.8 Å². The summed E-state index contributed by atoms with van der Waals surface area (Å²) in [6.07, 6.45) is 1.88. The molecule has 158 valence electrons. The first-order valence-corrected chi connectivity index (χ1v) is 8.98. The summed E-state index contributed by atoms with van der Waals surface area (Å²) in [6, 6.07) is 3.92. The average Bonchev–Trinajstić information content (AvgIpc) is 3.31. The molecule has 3 aromatic heterocycles. The van der Waals surface area contributed by atoms with Crippen LogP contribution in [0, 0.1) is 12.4 Å². The highest BCUT2D eigenvalue weighted by Gasteiger charge is 2.15. The number of anilines is 2. The maximum absolute atomic E-state index is 13.7. The van der Waals surface area contributed by atoms with Crippen molar-refractivity contribution < 1.29 is 17.9 Å². The minimum atomic E-state index is -2.57. The smallest absolute Gasteiger partial charge is 0.257 e. The average molecular weight is 428 g/mol. The Balaban J connectivity index is 1.64. The van der Waals surface area contributed by atoms with Crippen LogP contribution in [0.1, 0.15) is 5.56 Å². The van der Waals surface area contributed by atoms with Crippen LogP contribution >= 0.6 is 0 Å². The maximum Gasteiger partial charge on any atom is 0.257 e. The van der Waals surface area contributed by atoms with E-state index in [9.17, 15) is 13.2 Å². The molecule has 0 unspecified atom stereocenters. The molecule has 0 spiro atoms. The topological polar surface area (TPSA) is 87.0 Å². The largest absolute Gasteiger partial charge is 0.478 e. The van der Waals surface area contributed by atoms with E-state index >= 15 is 0 Å². The molecule has 31 heavy (non-hydrogen) atoms. The minimum absolute atomic E-state index is 0.110. The van der Waals surface area contributed by atoms with Crippen LogP contribution in [0.25, 0.3) is 15.9 Å². The zero-order valence-electron chi connectivity index (χ0n) is 16.1. The second kappa shape index (κ2) is 8.31. The van der Waals surface area contributed by atoms with Gasteiger partial charge in [-0.1, -0.05) is 6.07 Å². The van der Waals surface area contributed by atoms with Gasteiger partial charge in [-0.3, -0.25) is 4.68 Å². The quantitative estimate of drug-likeness (QED) is 0.451. The molecule has 0 bridgehead atoms. The van der Waals surface area contributed by atoms with Crippen LogP contribution in [0.4, 0.5) is 30.5 Å². The Hall–Kier alpha value is -4.14. The van der Waals surface area contributed by atoms with Gasteiger partial charge in [0, 0.05) is 6.20 Å². The number of nitrogens with one attached hydrogen (secondary N) is 1. The molecule has 0 fully saturated rings. The van der Waals surface area contributed by atoms with Crippen molar-refractivity contribution in [2.45, 2.75) is 19.5 Å².